The average molecular weight is 537 g/mol. The maximum atomic E-state index is 6.71. The molecule has 0 bridgehead atoms. The van der Waals surface area contributed by atoms with Crippen molar-refractivity contribution in [2.24, 2.45) is 0 Å². The highest BCUT2D eigenvalue weighted by Crippen LogP contribution is 2.59. The van der Waals surface area contributed by atoms with Gasteiger partial charge in [-0.2, -0.15) is 0 Å². The number of hydrogen-bond acceptors (Lipinski definition) is 2. The van der Waals surface area contributed by atoms with E-state index in [1.807, 2.05) is 12.1 Å². The molecule has 0 saturated heterocycles. The van der Waals surface area contributed by atoms with Crippen LogP contribution in [0.2, 0.25) is 0 Å². The number of alkyl halides is 1. The number of allylic oxidation sites excluding steroid dienone is 1. The second kappa shape index (κ2) is 11.8. The molecule has 4 rings (SSSR count). The van der Waals surface area contributed by atoms with E-state index in [2.05, 4.69) is 115 Å². The third-order valence-electron chi connectivity index (χ3n) is 5.82. The highest BCUT2D eigenvalue weighted by molar-refractivity contribution is 8.25. The molecule has 4 aromatic rings. The van der Waals surface area contributed by atoms with Gasteiger partial charge >= 0.3 is 0 Å². The van der Waals surface area contributed by atoms with Gasteiger partial charge in [-0.3, -0.25) is 0 Å². The zero-order chi connectivity index (χ0) is 23.9. The van der Waals surface area contributed by atoms with Crippen LogP contribution in [-0.4, -0.2) is 5.88 Å². The summed E-state index contributed by atoms with van der Waals surface area (Å²) in [6.07, 6.45) is 1.70. The molecule has 0 radical (unpaired) electrons. The van der Waals surface area contributed by atoms with Crippen LogP contribution >= 0.6 is 23.7 Å². The summed E-state index contributed by atoms with van der Waals surface area (Å²) >= 11 is 19.5. The summed E-state index contributed by atoms with van der Waals surface area (Å²) in [4.78, 5) is 0. The van der Waals surface area contributed by atoms with Gasteiger partial charge in [-0.1, -0.05) is 145 Å². The second-order valence-electron chi connectivity index (χ2n) is 8.02. The Kier molecular flexibility index (Phi) is 8.75. The van der Waals surface area contributed by atoms with Gasteiger partial charge < -0.3 is 0 Å². The van der Waals surface area contributed by atoms with Crippen LogP contribution in [-0.2, 0) is 23.6 Å². The van der Waals surface area contributed by atoms with E-state index in [1.54, 1.807) is 0 Å². The Morgan fingerprint density at radius 2 is 0.941 bits per heavy atom. The molecule has 0 amide bonds. The lowest BCUT2D eigenvalue weighted by Gasteiger charge is -2.30. The summed E-state index contributed by atoms with van der Waals surface area (Å²) in [6, 6.07) is 37.7. The van der Waals surface area contributed by atoms with Gasteiger partial charge in [0.1, 0.15) is 0 Å². The monoisotopic (exact) mass is 536 g/mol. The van der Waals surface area contributed by atoms with Crippen molar-refractivity contribution in [2.45, 2.75) is 12.8 Å². The Hall–Kier alpha value is -1.79. The van der Waals surface area contributed by atoms with Gasteiger partial charge in [0, 0.05) is 18.0 Å². The maximum absolute atomic E-state index is 6.71. The number of halogens is 1. The van der Waals surface area contributed by atoms with Crippen molar-refractivity contribution >= 4 is 68.5 Å². The van der Waals surface area contributed by atoms with Gasteiger partial charge in [-0.05, 0) is 45.2 Å². The summed E-state index contributed by atoms with van der Waals surface area (Å²) in [7, 11) is 0. The van der Waals surface area contributed by atoms with Gasteiger partial charge in [0.15, 0.2) is 0 Å². The van der Waals surface area contributed by atoms with Crippen LogP contribution in [0.3, 0.4) is 0 Å². The van der Waals surface area contributed by atoms with Crippen LogP contribution in [0, 0.1) is 0 Å². The number of hydrogen-bond donors (Lipinski definition) is 0. The Bertz CT molecular complexity index is 1230. The zero-order valence-corrected chi connectivity index (χ0v) is 23.0. The number of rotatable bonds is 9. The Morgan fingerprint density at radius 3 is 1.29 bits per heavy atom. The molecule has 0 aliphatic heterocycles. The molecular formula is C29H27ClP2S2. The molecule has 0 aliphatic carbocycles. The molecule has 34 heavy (non-hydrogen) atoms. The lowest BCUT2D eigenvalue weighted by Crippen LogP contribution is -2.19. The van der Waals surface area contributed by atoms with E-state index in [9.17, 15) is 0 Å². The van der Waals surface area contributed by atoms with E-state index in [0.717, 1.165) is 12.8 Å². The molecule has 172 valence electrons. The minimum Gasteiger partial charge on any atom is -0.127 e. The van der Waals surface area contributed by atoms with E-state index < -0.39 is 12.1 Å². The Labute approximate surface area is 218 Å². The van der Waals surface area contributed by atoms with Crippen LogP contribution in [0.1, 0.15) is 12.8 Å². The highest BCUT2D eigenvalue weighted by atomic mass is 35.5. The molecule has 4 aromatic carbocycles. The SMILES string of the molecule is S=P(/C=C(\CCCCl)P(=S)(c1ccccc1)c1ccccc1)(c1ccccc1)c1ccccc1. The fourth-order valence-corrected chi connectivity index (χ4v) is 13.2. The Balaban J connectivity index is 2.02. The lowest BCUT2D eigenvalue weighted by molar-refractivity contribution is 0.954. The van der Waals surface area contributed by atoms with Crippen molar-refractivity contribution in [1.82, 2.24) is 0 Å². The average Bonchev–Trinajstić information content (AvgIpc) is 2.92. The van der Waals surface area contributed by atoms with Gasteiger partial charge in [-0.25, -0.2) is 0 Å². The summed E-state index contributed by atoms with van der Waals surface area (Å²) in [5.41, 5.74) is 0. The standard InChI is InChI=1S/C29H27ClP2S2/c30-23-13-22-29(32(34,27-18-9-3-10-19-27)28-20-11-4-12-21-28)24-31(33,25-14-5-1-6-15-25)26-16-7-2-8-17-26/h1-12,14-21,24H,13,22-23H2/b29-24+. The van der Waals surface area contributed by atoms with Gasteiger partial charge in [0.2, 0.25) is 0 Å². The topological polar surface area (TPSA) is 0 Å². The minimum atomic E-state index is -2.30. The second-order valence-corrected chi connectivity index (χ2v) is 17.2. The van der Waals surface area contributed by atoms with Crippen molar-refractivity contribution < 1.29 is 0 Å². The van der Waals surface area contributed by atoms with Crippen molar-refractivity contribution in [2.75, 3.05) is 5.88 Å². The molecule has 0 nitrogen and oxygen atoms in total. The van der Waals surface area contributed by atoms with Gasteiger partial charge in [0.05, 0.1) is 0 Å². The van der Waals surface area contributed by atoms with E-state index in [4.69, 9.17) is 35.2 Å². The molecule has 0 saturated carbocycles. The van der Waals surface area contributed by atoms with E-state index >= 15 is 0 Å². The van der Waals surface area contributed by atoms with Crippen molar-refractivity contribution in [3.8, 4) is 0 Å². The van der Waals surface area contributed by atoms with Crippen LogP contribution in [0.4, 0.5) is 0 Å². The van der Waals surface area contributed by atoms with E-state index in [1.165, 1.54) is 26.5 Å². The number of benzene rings is 4. The van der Waals surface area contributed by atoms with Gasteiger partial charge in [0.25, 0.3) is 0 Å². The lowest BCUT2D eigenvalue weighted by atomic mass is 10.3. The van der Waals surface area contributed by atoms with Crippen LogP contribution in [0.5, 0.6) is 0 Å². The molecule has 0 spiro atoms. The summed E-state index contributed by atoms with van der Waals surface area (Å²) in [6.45, 7) is 0. The quantitative estimate of drug-likeness (QED) is 0.165. The molecule has 0 aromatic heterocycles. The van der Waals surface area contributed by atoms with Crippen molar-refractivity contribution in [3.63, 3.8) is 0 Å². The predicted molar refractivity (Wildman–Crippen MR) is 161 cm³/mol. The minimum absolute atomic E-state index is 0.593. The first-order valence-electron chi connectivity index (χ1n) is 11.3. The molecule has 0 unspecified atom stereocenters. The van der Waals surface area contributed by atoms with Crippen LogP contribution in [0.15, 0.2) is 132 Å². The molecule has 0 aliphatic rings. The zero-order valence-electron chi connectivity index (χ0n) is 18.8. The molecule has 0 heterocycles. The highest BCUT2D eigenvalue weighted by Gasteiger charge is 2.30. The maximum Gasteiger partial charge on any atom is 0.0341 e. The van der Waals surface area contributed by atoms with Crippen LogP contribution < -0.4 is 21.2 Å². The molecule has 0 fully saturated rings. The first kappa shape index (κ1) is 25.3. The Morgan fingerprint density at radius 1 is 0.588 bits per heavy atom. The fraction of sp³-hybridized carbons (Fsp3) is 0.103. The summed E-state index contributed by atoms with van der Waals surface area (Å²) < 4.78 is 0. The van der Waals surface area contributed by atoms with E-state index in [0.29, 0.717) is 5.88 Å². The van der Waals surface area contributed by atoms with Crippen molar-refractivity contribution in [1.29, 1.82) is 0 Å². The van der Waals surface area contributed by atoms with Crippen LogP contribution in [0.25, 0.3) is 0 Å². The first-order valence-corrected chi connectivity index (χ1v) is 17.5. The smallest absolute Gasteiger partial charge is 0.0341 e. The third kappa shape index (κ3) is 5.38. The summed E-state index contributed by atoms with van der Waals surface area (Å²) in [5, 5.41) is 6.01. The van der Waals surface area contributed by atoms with Gasteiger partial charge in [-0.15, -0.1) is 11.6 Å². The fourth-order valence-electron chi connectivity index (χ4n) is 4.11. The summed E-state index contributed by atoms with van der Waals surface area (Å²) in [5.74, 6) is 2.98. The predicted octanol–water partition coefficient (Wildman–Crippen LogP) is 7.11. The van der Waals surface area contributed by atoms with E-state index in [-0.39, 0.29) is 0 Å². The molecule has 0 atom stereocenters. The largest absolute Gasteiger partial charge is 0.127 e. The third-order valence-corrected chi connectivity index (χ3v) is 15.9. The molecule has 0 N–H and O–H groups in total. The molecule has 5 heteroatoms. The molecular weight excluding hydrogens is 510 g/mol. The first-order chi connectivity index (χ1) is 16.6. The van der Waals surface area contributed by atoms with Crippen molar-refractivity contribution in [3.05, 3.63) is 132 Å². The normalized spacial score (nSPS) is 12.4.